The van der Waals surface area contributed by atoms with Crippen molar-refractivity contribution in [1.29, 1.82) is 0 Å². The maximum atomic E-state index is 13.4. The number of alkyl halides is 5. The van der Waals surface area contributed by atoms with Crippen molar-refractivity contribution in [3.05, 3.63) is 89.5 Å². The lowest BCUT2D eigenvalue weighted by atomic mass is 9.98. The van der Waals surface area contributed by atoms with Gasteiger partial charge in [-0.15, -0.1) is 0 Å². The number of oxazole rings is 1. The zero-order valence-corrected chi connectivity index (χ0v) is 23.2. The van der Waals surface area contributed by atoms with Crippen LogP contribution in [0.2, 0.25) is 5.02 Å². The first kappa shape index (κ1) is 29.3. The Morgan fingerprint density at radius 1 is 0.976 bits per heavy atom. The Labute approximate surface area is 241 Å². The molecular weight excluding hydrogens is 605 g/mol. The van der Waals surface area contributed by atoms with Crippen LogP contribution in [0.25, 0.3) is 39.4 Å². The van der Waals surface area contributed by atoms with Crippen molar-refractivity contribution in [3.8, 4) is 45.1 Å². The molecule has 0 atom stereocenters. The van der Waals surface area contributed by atoms with Crippen molar-refractivity contribution >= 4 is 21.4 Å². The predicted octanol–water partition coefficient (Wildman–Crippen LogP) is 7.85. The van der Waals surface area contributed by atoms with E-state index in [4.69, 9.17) is 16.0 Å². The molecule has 7 nitrogen and oxygen atoms in total. The van der Waals surface area contributed by atoms with Crippen LogP contribution in [0.15, 0.2) is 82.2 Å². The SMILES string of the molecule is Cc1nc(-c2cc(-c3cccc(S(C)(=O)=O)c3)ccc2-n2ccc(C(F)(F)F)n2)c(-c2ccc(OC(F)F)c(Cl)c2)o1. The molecule has 0 unspecified atom stereocenters. The molecule has 0 radical (unpaired) electrons. The number of halogens is 6. The molecule has 0 fully saturated rings. The Balaban J connectivity index is 1.72. The molecule has 0 aliphatic rings. The number of rotatable bonds is 7. The minimum Gasteiger partial charge on any atom is -0.440 e. The molecule has 0 amide bonds. The van der Waals surface area contributed by atoms with Crippen LogP contribution >= 0.6 is 11.6 Å². The van der Waals surface area contributed by atoms with Crippen molar-refractivity contribution in [2.45, 2.75) is 24.6 Å². The highest BCUT2D eigenvalue weighted by Gasteiger charge is 2.34. The van der Waals surface area contributed by atoms with E-state index in [1.807, 2.05) is 0 Å². The van der Waals surface area contributed by atoms with Gasteiger partial charge in [0, 0.05) is 30.5 Å². The van der Waals surface area contributed by atoms with Crippen molar-refractivity contribution in [3.63, 3.8) is 0 Å². The van der Waals surface area contributed by atoms with Gasteiger partial charge < -0.3 is 9.15 Å². The third kappa shape index (κ3) is 6.02. The molecule has 0 saturated carbocycles. The number of sulfone groups is 1. The van der Waals surface area contributed by atoms with E-state index in [1.165, 1.54) is 36.4 Å². The van der Waals surface area contributed by atoms with E-state index in [0.717, 1.165) is 23.2 Å². The fraction of sp³-hybridized carbons (Fsp3) is 0.143. The van der Waals surface area contributed by atoms with Gasteiger partial charge in [0.05, 0.1) is 15.6 Å². The summed E-state index contributed by atoms with van der Waals surface area (Å²) in [6.07, 6.45) is -2.47. The van der Waals surface area contributed by atoms with Gasteiger partial charge in [0.15, 0.2) is 27.2 Å². The first-order valence-electron chi connectivity index (χ1n) is 12.0. The fourth-order valence-electron chi connectivity index (χ4n) is 4.26. The van der Waals surface area contributed by atoms with Crippen molar-refractivity contribution in [2.24, 2.45) is 0 Å². The van der Waals surface area contributed by atoms with Crippen molar-refractivity contribution in [1.82, 2.24) is 14.8 Å². The Bertz CT molecular complexity index is 1900. The number of benzene rings is 3. The lowest BCUT2D eigenvalue weighted by Gasteiger charge is -2.13. The van der Waals surface area contributed by atoms with E-state index in [9.17, 15) is 30.4 Å². The molecule has 2 heterocycles. The summed E-state index contributed by atoms with van der Waals surface area (Å²) in [5.74, 6) is 0.0678. The number of ether oxygens (including phenoxy) is 1. The van der Waals surface area contributed by atoms with Gasteiger partial charge in [0.1, 0.15) is 11.4 Å². The largest absolute Gasteiger partial charge is 0.440 e. The van der Waals surface area contributed by atoms with Gasteiger partial charge in [-0.05, 0) is 59.7 Å². The van der Waals surface area contributed by atoms with Crippen LogP contribution in [0.4, 0.5) is 22.0 Å². The van der Waals surface area contributed by atoms with Crippen LogP contribution in [0.1, 0.15) is 11.6 Å². The number of hydrogen-bond acceptors (Lipinski definition) is 6. The highest BCUT2D eigenvalue weighted by molar-refractivity contribution is 7.90. The summed E-state index contributed by atoms with van der Waals surface area (Å²) in [4.78, 5) is 4.55. The maximum Gasteiger partial charge on any atom is 0.435 e. The van der Waals surface area contributed by atoms with Crippen LogP contribution in [-0.2, 0) is 16.0 Å². The zero-order chi connectivity index (χ0) is 30.4. The minimum absolute atomic E-state index is 0.0752. The summed E-state index contributed by atoms with van der Waals surface area (Å²) in [5, 5.41) is 3.56. The van der Waals surface area contributed by atoms with Crippen LogP contribution in [-0.4, -0.2) is 36.0 Å². The average molecular weight is 624 g/mol. The third-order valence-electron chi connectivity index (χ3n) is 6.12. The first-order valence-corrected chi connectivity index (χ1v) is 14.3. The Morgan fingerprint density at radius 2 is 1.69 bits per heavy atom. The standard InChI is InChI=1S/C28H19ClF5N3O4S/c1-15-35-25(26(40-15)18-7-9-23(21(29)14-18)41-27(30)31)20-13-17(16-4-3-5-19(12-16)42(2,38)39)6-8-22(20)37-11-10-24(36-37)28(32,33)34/h3-14,27H,1-2H3. The summed E-state index contributed by atoms with van der Waals surface area (Å²) in [5.41, 5.74) is 0.914. The van der Waals surface area contributed by atoms with Gasteiger partial charge in [-0.25, -0.2) is 18.1 Å². The van der Waals surface area contributed by atoms with E-state index in [1.54, 1.807) is 31.2 Å². The van der Waals surface area contributed by atoms with E-state index in [2.05, 4.69) is 14.8 Å². The molecule has 14 heteroatoms. The molecule has 2 aromatic heterocycles. The van der Waals surface area contributed by atoms with Gasteiger partial charge >= 0.3 is 12.8 Å². The Morgan fingerprint density at radius 3 is 2.33 bits per heavy atom. The van der Waals surface area contributed by atoms with Gasteiger partial charge in [0.2, 0.25) is 0 Å². The van der Waals surface area contributed by atoms with Crippen molar-refractivity contribution < 1.29 is 39.5 Å². The third-order valence-corrected chi connectivity index (χ3v) is 7.52. The maximum absolute atomic E-state index is 13.4. The summed E-state index contributed by atoms with van der Waals surface area (Å²) in [7, 11) is -3.53. The molecular formula is C28H19ClF5N3O4S. The molecule has 0 spiro atoms. The van der Waals surface area contributed by atoms with Crippen molar-refractivity contribution in [2.75, 3.05) is 6.26 Å². The van der Waals surface area contributed by atoms with Crippen LogP contribution in [0.3, 0.4) is 0 Å². The molecule has 0 N–H and O–H groups in total. The second kappa shape index (κ2) is 10.9. The second-order valence-electron chi connectivity index (χ2n) is 9.11. The summed E-state index contributed by atoms with van der Waals surface area (Å²) < 4.78 is 101. The fourth-order valence-corrected chi connectivity index (χ4v) is 5.15. The van der Waals surface area contributed by atoms with Crippen LogP contribution in [0.5, 0.6) is 5.75 Å². The summed E-state index contributed by atoms with van der Waals surface area (Å²) in [6.45, 7) is -1.55. The molecule has 3 aromatic carbocycles. The molecule has 5 aromatic rings. The van der Waals surface area contributed by atoms with Gasteiger partial charge in [0.25, 0.3) is 0 Å². The van der Waals surface area contributed by atoms with E-state index < -0.39 is 28.3 Å². The van der Waals surface area contributed by atoms with E-state index in [0.29, 0.717) is 16.7 Å². The van der Waals surface area contributed by atoms with E-state index in [-0.39, 0.29) is 44.3 Å². The number of hydrogen-bond donors (Lipinski definition) is 0. The predicted molar refractivity (Wildman–Crippen MR) is 144 cm³/mol. The lowest BCUT2D eigenvalue weighted by Crippen LogP contribution is -2.07. The smallest absolute Gasteiger partial charge is 0.435 e. The zero-order valence-electron chi connectivity index (χ0n) is 21.7. The molecule has 0 aliphatic heterocycles. The Hall–Kier alpha value is -4.23. The van der Waals surface area contributed by atoms with Gasteiger partial charge in [-0.3, -0.25) is 0 Å². The normalized spacial score (nSPS) is 12.2. The van der Waals surface area contributed by atoms with E-state index >= 15 is 0 Å². The quantitative estimate of drug-likeness (QED) is 0.172. The highest BCUT2D eigenvalue weighted by atomic mass is 35.5. The number of aromatic nitrogens is 3. The first-order chi connectivity index (χ1) is 19.7. The second-order valence-corrected chi connectivity index (χ2v) is 11.5. The summed E-state index contributed by atoms with van der Waals surface area (Å²) >= 11 is 6.17. The lowest BCUT2D eigenvalue weighted by molar-refractivity contribution is -0.141. The van der Waals surface area contributed by atoms with Gasteiger partial charge in [-0.2, -0.15) is 27.1 Å². The molecule has 42 heavy (non-hydrogen) atoms. The van der Waals surface area contributed by atoms with Gasteiger partial charge in [-0.1, -0.05) is 29.8 Å². The topological polar surface area (TPSA) is 87.2 Å². The Kier molecular flexibility index (Phi) is 7.58. The minimum atomic E-state index is -4.69. The average Bonchev–Trinajstić information content (AvgIpc) is 3.56. The summed E-state index contributed by atoms with van der Waals surface area (Å²) in [6, 6.07) is 15.7. The molecule has 0 saturated heterocycles. The highest BCUT2D eigenvalue weighted by Crippen LogP contribution is 2.40. The number of aryl methyl sites for hydroxylation is 1. The molecule has 0 aliphatic carbocycles. The molecule has 5 rings (SSSR count). The van der Waals surface area contributed by atoms with Crippen LogP contribution < -0.4 is 4.74 Å². The monoisotopic (exact) mass is 623 g/mol. The molecule has 0 bridgehead atoms. The number of nitrogens with zero attached hydrogens (tertiary/aromatic N) is 3. The van der Waals surface area contributed by atoms with Crippen LogP contribution in [0, 0.1) is 6.92 Å². The molecule has 218 valence electrons.